The summed E-state index contributed by atoms with van der Waals surface area (Å²) in [5.74, 6) is -0.271. The Labute approximate surface area is 114 Å². The second kappa shape index (κ2) is 4.48. The molecule has 0 saturated carbocycles. The average Bonchev–Trinajstić information content (AvgIpc) is 2.81. The Morgan fingerprint density at radius 3 is 2.53 bits per heavy atom. The van der Waals surface area contributed by atoms with E-state index >= 15 is 0 Å². The summed E-state index contributed by atoms with van der Waals surface area (Å²) in [5.41, 5.74) is 2.40. The first-order chi connectivity index (χ1) is 9.15. The van der Waals surface area contributed by atoms with Gasteiger partial charge in [0.2, 0.25) is 5.78 Å². The number of rotatable bonds is 2. The first-order valence-corrected chi connectivity index (χ1v) is 6.75. The monoisotopic (exact) mass is 269 g/mol. The van der Waals surface area contributed by atoms with E-state index in [0.717, 1.165) is 10.6 Å². The van der Waals surface area contributed by atoms with Crippen molar-refractivity contribution in [2.24, 2.45) is 0 Å². The molecule has 2 aromatic rings. The molecule has 1 heterocycles. The Balaban J connectivity index is 1.96. The summed E-state index contributed by atoms with van der Waals surface area (Å²) in [6.07, 6.45) is 1.37. The highest BCUT2D eigenvalue weighted by molar-refractivity contribution is 7.14. The van der Waals surface area contributed by atoms with Crippen molar-refractivity contribution in [3.8, 4) is 0 Å². The molecule has 0 bridgehead atoms. The number of fused-ring (bicyclic) bond motifs is 1. The van der Waals surface area contributed by atoms with Crippen molar-refractivity contribution in [3.05, 3.63) is 64.2 Å². The van der Waals surface area contributed by atoms with E-state index in [1.807, 2.05) is 18.4 Å². The van der Waals surface area contributed by atoms with Crippen LogP contribution in [-0.2, 0) is 0 Å². The minimum atomic E-state index is -0.138. The van der Waals surface area contributed by atoms with Crippen LogP contribution < -0.4 is 5.32 Å². The van der Waals surface area contributed by atoms with E-state index < -0.39 is 0 Å². The molecular formula is C15H11NO2S. The number of aryl methyl sites for hydroxylation is 1. The number of nitrogens with one attached hydrogen (secondary N) is 1. The Morgan fingerprint density at radius 2 is 1.84 bits per heavy atom. The molecule has 0 amide bonds. The summed E-state index contributed by atoms with van der Waals surface area (Å²) >= 11 is 1.51. The predicted octanol–water partition coefficient (Wildman–Crippen LogP) is 3.43. The zero-order chi connectivity index (χ0) is 13.4. The third kappa shape index (κ3) is 2.11. The molecule has 0 fully saturated rings. The van der Waals surface area contributed by atoms with Gasteiger partial charge in [-0.25, -0.2) is 0 Å². The van der Waals surface area contributed by atoms with Crippen molar-refractivity contribution in [2.75, 3.05) is 5.32 Å². The number of allylic oxidation sites excluding steroid dienone is 2. The molecule has 3 nitrogen and oxygen atoms in total. The molecule has 0 saturated heterocycles. The number of hydrogen-bond acceptors (Lipinski definition) is 4. The molecule has 4 heteroatoms. The van der Waals surface area contributed by atoms with E-state index in [2.05, 4.69) is 5.32 Å². The standard InChI is InChI=1S/C15H11NO2S/c1-9-6-14(19-8-9)16-12-7-13(17)10-4-2-3-5-11(10)15(12)18/h2-8,16H,1H3. The van der Waals surface area contributed by atoms with Crippen LogP contribution in [0, 0.1) is 6.92 Å². The van der Waals surface area contributed by atoms with Gasteiger partial charge in [0.05, 0.1) is 10.7 Å². The van der Waals surface area contributed by atoms with Crippen LogP contribution in [0.15, 0.2) is 47.5 Å². The van der Waals surface area contributed by atoms with Crippen LogP contribution in [0.2, 0.25) is 0 Å². The molecule has 94 valence electrons. The summed E-state index contributed by atoms with van der Waals surface area (Å²) in [7, 11) is 0. The average molecular weight is 269 g/mol. The first-order valence-electron chi connectivity index (χ1n) is 5.87. The van der Waals surface area contributed by atoms with E-state index in [0.29, 0.717) is 16.8 Å². The molecule has 0 spiro atoms. The number of benzene rings is 1. The van der Waals surface area contributed by atoms with Gasteiger partial charge in [0.15, 0.2) is 5.78 Å². The van der Waals surface area contributed by atoms with Gasteiger partial charge >= 0.3 is 0 Å². The number of hydrogen-bond donors (Lipinski definition) is 1. The molecule has 1 aromatic heterocycles. The van der Waals surface area contributed by atoms with E-state index in [9.17, 15) is 9.59 Å². The lowest BCUT2D eigenvalue weighted by molar-refractivity contribution is 0.0985. The Morgan fingerprint density at radius 1 is 1.11 bits per heavy atom. The van der Waals surface area contributed by atoms with Crippen LogP contribution in [0.1, 0.15) is 26.3 Å². The van der Waals surface area contributed by atoms with E-state index in [4.69, 9.17) is 0 Å². The van der Waals surface area contributed by atoms with Crippen LogP contribution in [-0.4, -0.2) is 11.6 Å². The molecule has 19 heavy (non-hydrogen) atoms. The largest absolute Gasteiger partial charge is 0.344 e. The van der Waals surface area contributed by atoms with Crippen molar-refractivity contribution < 1.29 is 9.59 Å². The lowest BCUT2D eigenvalue weighted by Crippen LogP contribution is -2.21. The molecule has 0 radical (unpaired) electrons. The van der Waals surface area contributed by atoms with Crippen molar-refractivity contribution >= 4 is 27.9 Å². The molecule has 0 atom stereocenters. The molecular weight excluding hydrogens is 258 g/mol. The Bertz CT molecular complexity index is 712. The molecule has 3 rings (SSSR count). The normalized spacial score (nSPS) is 14.1. The fourth-order valence-corrected chi connectivity index (χ4v) is 2.84. The number of thiophene rings is 1. The van der Waals surface area contributed by atoms with Crippen molar-refractivity contribution in [2.45, 2.75) is 6.92 Å². The van der Waals surface area contributed by atoms with E-state index in [1.165, 1.54) is 17.4 Å². The number of anilines is 1. The topological polar surface area (TPSA) is 46.2 Å². The maximum absolute atomic E-state index is 12.3. The van der Waals surface area contributed by atoms with Gasteiger partial charge in [0.25, 0.3) is 0 Å². The van der Waals surface area contributed by atoms with Crippen LogP contribution in [0.4, 0.5) is 5.00 Å². The highest BCUT2D eigenvalue weighted by Gasteiger charge is 2.25. The summed E-state index contributed by atoms with van der Waals surface area (Å²) < 4.78 is 0. The first kappa shape index (κ1) is 11.9. The second-order valence-electron chi connectivity index (χ2n) is 4.41. The maximum Gasteiger partial charge on any atom is 0.210 e. The zero-order valence-corrected chi connectivity index (χ0v) is 11.1. The maximum atomic E-state index is 12.3. The zero-order valence-electron chi connectivity index (χ0n) is 10.3. The van der Waals surface area contributed by atoms with Crippen LogP contribution in [0.3, 0.4) is 0 Å². The number of carbonyl (C=O) groups excluding carboxylic acids is 2. The fraction of sp³-hybridized carbons (Fsp3) is 0.0667. The van der Waals surface area contributed by atoms with Gasteiger partial charge in [-0.1, -0.05) is 24.3 Å². The third-order valence-corrected chi connectivity index (χ3v) is 3.91. The van der Waals surface area contributed by atoms with Crippen molar-refractivity contribution in [3.63, 3.8) is 0 Å². The predicted molar refractivity (Wildman–Crippen MR) is 75.9 cm³/mol. The lowest BCUT2D eigenvalue weighted by Gasteiger charge is -2.15. The van der Waals surface area contributed by atoms with Crippen molar-refractivity contribution in [1.29, 1.82) is 0 Å². The molecule has 0 unspecified atom stereocenters. The van der Waals surface area contributed by atoms with Gasteiger partial charge in [0, 0.05) is 17.2 Å². The van der Waals surface area contributed by atoms with Gasteiger partial charge in [0.1, 0.15) is 0 Å². The van der Waals surface area contributed by atoms with Gasteiger partial charge in [-0.15, -0.1) is 11.3 Å². The summed E-state index contributed by atoms with van der Waals surface area (Å²) in [5, 5.41) is 5.89. The highest BCUT2D eigenvalue weighted by atomic mass is 32.1. The van der Waals surface area contributed by atoms with Gasteiger partial charge in [-0.05, 0) is 23.9 Å². The summed E-state index contributed by atoms with van der Waals surface area (Å²) in [4.78, 5) is 24.3. The van der Waals surface area contributed by atoms with Crippen molar-refractivity contribution in [1.82, 2.24) is 0 Å². The van der Waals surface area contributed by atoms with E-state index in [-0.39, 0.29) is 11.6 Å². The number of Topliss-reactive ketones (excluding diaryl/α,β-unsaturated/α-hetero) is 1. The number of ketones is 2. The van der Waals surface area contributed by atoms with Gasteiger partial charge in [-0.2, -0.15) is 0 Å². The van der Waals surface area contributed by atoms with Gasteiger partial charge in [-0.3, -0.25) is 9.59 Å². The summed E-state index contributed by atoms with van der Waals surface area (Å²) in [6, 6.07) is 8.84. The van der Waals surface area contributed by atoms with Crippen LogP contribution >= 0.6 is 11.3 Å². The van der Waals surface area contributed by atoms with Gasteiger partial charge < -0.3 is 5.32 Å². The molecule has 1 aromatic carbocycles. The highest BCUT2D eigenvalue weighted by Crippen LogP contribution is 2.26. The minimum Gasteiger partial charge on any atom is -0.344 e. The SMILES string of the molecule is Cc1csc(NC2=CC(=O)c3ccccc3C2=O)c1. The molecule has 1 N–H and O–H groups in total. The second-order valence-corrected chi connectivity index (χ2v) is 5.32. The summed E-state index contributed by atoms with van der Waals surface area (Å²) in [6.45, 7) is 1.99. The quantitative estimate of drug-likeness (QED) is 0.908. The molecule has 1 aliphatic carbocycles. The van der Waals surface area contributed by atoms with Crippen LogP contribution in [0.25, 0.3) is 0 Å². The van der Waals surface area contributed by atoms with E-state index in [1.54, 1.807) is 24.3 Å². The smallest absolute Gasteiger partial charge is 0.210 e. The number of carbonyl (C=O) groups is 2. The molecule has 0 aliphatic heterocycles. The Hall–Kier alpha value is -2.20. The van der Waals surface area contributed by atoms with Crippen LogP contribution in [0.5, 0.6) is 0 Å². The third-order valence-electron chi connectivity index (χ3n) is 2.95. The molecule has 1 aliphatic rings. The fourth-order valence-electron chi connectivity index (χ4n) is 2.04. The Kier molecular flexibility index (Phi) is 2.80. The minimum absolute atomic E-state index is 0.133. The lowest BCUT2D eigenvalue weighted by atomic mass is 9.93.